The van der Waals surface area contributed by atoms with E-state index < -0.39 is 0 Å². The average molecular weight is 495 g/mol. The largest absolute Gasteiger partial charge is 0.345 e. The lowest BCUT2D eigenvalue weighted by molar-refractivity contribution is 0.0933. The fraction of sp³-hybridized carbons (Fsp3) is 0.290. The number of rotatable bonds is 7. The molecule has 5 rings (SSSR count). The number of fused-ring (bicyclic) bond motifs is 1. The van der Waals surface area contributed by atoms with Gasteiger partial charge in [0.1, 0.15) is 0 Å². The monoisotopic (exact) mass is 494 g/mol. The zero-order valence-corrected chi connectivity index (χ0v) is 21.5. The molecule has 0 saturated carbocycles. The van der Waals surface area contributed by atoms with E-state index >= 15 is 0 Å². The third kappa shape index (κ3) is 5.22. The summed E-state index contributed by atoms with van der Waals surface area (Å²) in [6.45, 7) is 7.31. The van der Waals surface area contributed by atoms with Gasteiger partial charge in [-0.05, 0) is 37.1 Å². The smallest absolute Gasteiger partial charge is 0.263 e. The first-order chi connectivity index (χ1) is 18.1. The van der Waals surface area contributed by atoms with Crippen LogP contribution in [0.2, 0.25) is 0 Å². The van der Waals surface area contributed by atoms with Gasteiger partial charge in [-0.25, -0.2) is 0 Å². The summed E-state index contributed by atoms with van der Waals surface area (Å²) in [7, 11) is 0. The highest BCUT2D eigenvalue weighted by Gasteiger charge is 2.27. The lowest BCUT2D eigenvalue weighted by Gasteiger charge is -2.33. The van der Waals surface area contributed by atoms with Crippen molar-refractivity contribution in [1.82, 2.24) is 20.1 Å². The molecule has 190 valence electrons. The molecule has 6 nitrogen and oxygen atoms in total. The molecular weight excluding hydrogens is 460 g/mol. The summed E-state index contributed by atoms with van der Waals surface area (Å²) in [6, 6.07) is 27.4. The minimum atomic E-state index is -0.158. The van der Waals surface area contributed by atoms with Crippen molar-refractivity contribution in [2.45, 2.75) is 38.9 Å². The molecule has 0 bridgehead atoms. The molecule has 4 aromatic rings. The van der Waals surface area contributed by atoms with Crippen LogP contribution in [0.3, 0.4) is 0 Å². The Morgan fingerprint density at radius 2 is 1.62 bits per heavy atom. The SMILES string of the molecule is CCC(NC(=O)c1c(CN2CCN[C@@H](C)C2)n(-c2ccccc2)c(=O)c2ccccc12)c1ccccc1. The number of nitrogens with zero attached hydrogens (tertiary/aromatic N) is 2. The van der Waals surface area contributed by atoms with E-state index in [0.717, 1.165) is 43.0 Å². The minimum Gasteiger partial charge on any atom is -0.345 e. The summed E-state index contributed by atoms with van der Waals surface area (Å²) < 4.78 is 1.74. The van der Waals surface area contributed by atoms with Crippen LogP contribution in [0.15, 0.2) is 89.7 Å². The van der Waals surface area contributed by atoms with E-state index in [-0.39, 0.29) is 17.5 Å². The molecule has 1 fully saturated rings. The fourth-order valence-corrected chi connectivity index (χ4v) is 5.36. The molecule has 0 spiro atoms. The van der Waals surface area contributed by atoms with E-state index in [1.165, 1.54) is 0 Å². The minimum absolute atomic E-state index is 0.105. The molecule has 0 radical (unpaired) electrons. The Hall–Kier alpha value is -3.74. The second-order valence-electron chi connectivity index (χ2n) is 9.78. The number of benzene rings is 3. The summed E-state index contributed by atoms with van der Waals surface area (Å²) in [5.41, 5.74) is 3.02. The lowest BCUT2D eigenvalue weighted by atomic mass is 9.99. The molecule has 1 aliphatic heterocycles. The first-order valence-electron chi connectivity index (χ1n) is 13.1. The maximum Gasteiger partial charge on any atom is 0.263 e. The van der Waals surface area contributed by atoms with E-state index in [2.05, 4.69) is 29.4 Å². The van der Waals surface area contributed by atoms with Crippen molar-refractivity contribution in [3.63, 3.8) is 0 Å². The molecule has 2 heterocycles. The predicted octanol–water partition coefficient (Wildman–Crippen LogP) is 4.67. The van der Waals surface area contributed by atoms with Crippen LogP contribution in [0.25, 0.3) is 16.5 Å². The van der Waals surface area contributed by atoms with Gasteiger partial charge in [0.05, 0.1) is 17.3 Å². The van der Waals surface area contributed by atoms with Crippen molar-refractivity contribution >= 4 is 16.7 Å². The van der Waals surface area contributed by atoms with Crippen LogP contribution >= 0.6 is 0 Å². The highest BCUT2D eigenvalue weighted by atomic mass is 16.2. The quantitative estimate of drug-likeness (QED) is 0.392. The molecule has 6 heteroatoms. The van der Waals surface area contributed by atoms with Gasteiger partial charge in [0.25, 0.3) is 11.5 Å². The predicted molar refractivity (Wildman–Crippen MR) is 149 cm³/mol. The zero-order valence-electron chi connectivity index (χ0n) is 21.5. The number of piperazine rings is 1. The molecule has 1 aromatic heterocycles. The highest BCUT2D eigenvalue weighted by Crippen LogP contribution is 2.26. The molecule has 3 aromatic carbocycles. The number of carbonyl (C=O) groups excluding carboxylic acids is 1. The number of para-hydroxylation sites is 1. The van der Waals surface area contributed by atoms with Gasteiger partial charge in [-0.1, -0.05) is 73.7 Å². The Balaban J connectivity index is 1.70. The van der Waals surface area contributed by atoms with Crippen LogP contribution in [-0.2, 0) is 6.54 Å². The summed E-state index contributed by atoms with van der Waals surface area (Å²) >= 11 is 0. The van der Waals surface area contributed by atoms with Gasteiger partial charge in [0.2, 0.25) is 0 Å². The number of pyridine rings is 1. The number of hydrogen-bond acceptors (Lipinski definition) is 4. The summed E-state index contributed by atoms with van der Waals surface area (Å²) in [4.78, 5) is 30.4. The third-order valence-electron chi connectivity index (χ3n) is 7.17. The Bertz CT molecular complexity index is 1430. The zero-order chi connectivity index (χ0) is 25.8. The molecule has 0 aliphatic carbocycles. The van der Waals surface area contributed by atoms with Crippen LogP contribution < -0.4 is 16.2 Å². The van der Waals surface area contributed by atoms with Gasteiger partial charge in [-0.15, -0.1) is 0 Å². The molecular formula is C31H34N4O2. The lowest BCUT2D eigenvalue weighted by Crippen LogP contribution is -2.49. The normalized spacial score (nSPS) is 17.0. The van der Waals surface area contributed by atoms with E-state index in [0.29, 0.717) is 28.9 Å². The number of nitrogens with one attached hydrogen (secondary N) is 2. The Morgan fingerprint density at radius 1 is 0.973 bits per heavy atom. The van der Waals surface area contributed by atoms with Crippen LogP contribution in [0.1, 0.15) is 47.9 Å². The summed E-state index contributed by atoms with van der Waals surface area (Å²) in [6.07, 6.45) is 0.761. The number of hydrogen-bond donors (Lipinski definition) is 2. The van der Waals surface area contributed by atoms with Crippen molar-refractivity contribution < 1.29 is 4.79 Å². The van der Waals surface area contributed by atoms with Crippen molar-refractivity contribution in [3.8, 4) is 5.69 Å². The van der Waals surface area contributed by atoms with Crippen molar-refractivity contribution in [2.75, 3.05) is 19.6 Å². The first-order valence-corrected chi connectivity index (χ1v) is 13.1. The Kier molecular flexibility index (Phi) is 7.49. The Labute approximate surface area is 217 Å². The van der Waals surface area contributed by atoms with Crippen molar-refractivity contribution in [2.24, 2.45) is 0 Å². The van der Waals surface area contributed by atoms with E-state index in [1.807, 2.05) is 84.9 Å². The Morgan fingerprint density at radius 3 is 2.30 bits per heavy atom. The molecule has 2 atom stereocenters. The highest BCUT2D eigenvalue weighted by molar-refractivity contribution is 6.08. The molecule has 2 N–H and O–H groups in total. The first kappa shape index (κ1) is 24.9. The van der Waals surface area contributed by atoms with Crippen molar-refractivity contribution in [1.29, 1.82) is 0 Å². The maximum absolute atomic E-state index is 14.2. The molecule has 1 saturated heterocycles. The maximum atomic E-state index is 14.2. The molecule has 1 unspecified atom stereocenters. The van der Waals surface area contributed by atoms with Crippen molar-refractivity contribution in [3.05, 3.63) is 112 Å². The van der Waals surface area contributed by atoms with E-state index in [9.17, 15) is 9.59 Å². The molecule has 37 heavy (non-hydrogen) atoms. The van der Waals surface area contributed by atoms with Crippen LogP contribution in [0.4, 0.5) is 0 Å². The van der Waals surface area contributed by atoms with Gasteiger partial charge >= 0.3 is 0 Å². The van der Waals surface area contributed by atoms with E-state index in [1.54, 1.807) is 4.57 Å². The average Bonchev–Trinajstić information content (AvgIpc) is 2.93. The third-order valence-corrected chi connectivity index (χ3v) is 7.17. The van der Waals surface area contributed by atoms with Gasteiger partial charge in [0, 0.05) is 48.7 Å². The number of amides is 1. The topological polar surface area (TPSA) is 66.4 Å². The summed E-state index contributed by atoms with van der Waals surface area (Å²) in [5, 5.41) is 8.01. The second-order valence-corrected chi connectivity index (χ2v) is 9.78. The van der Waals surface area contributed by atoms with Gasteiger partial charge in [-0.3, -0.25) is 19.1 Å². The number of aromatic nitrogens is 1. The van der Waals surface area contributed by atoms with Gasteiger partial charge in [0.15, 0.2) is 0 Å². The number of carbonyl (C=O) groups is 1. The standard InChI is InChI=1S/C31H34N4O2/c1-3-27(23-12-6-4-7-13-23)33-30(36)29-25-16-10-11-17-26(25)31(37)35(24-14-8-5-9-15-24)28(29)21-34-19-18-32-22(2)20-34/h4-17,22,27,32H,3,18-21H2,1-2H3,(H,33,36)/t22-,27?/m0/s1. The van der Waals surface area contributed by atoms with Gasteiger partial charge < -0.3 is 10.6 Å². The van der Waals surface area contributed by atoms with E-state index in [4.69, 9.17) is 0 Å². The summed E-state index contributed by atoms with van der Waals surface area (Å²) in [5.74, 6) is -0.158. The van der Waals surface area contributed by atoms with Crippen LogP contribution in [0, 0.1) is 0 Å². The van der Waals surface area contributed by atoms with Crippen LogP contribution in [-0.4, -0.2) is 41.1 Å². The fourth-order valence-electron chi connectivity index (χ4n) is 5.36. The van der Waals surface area contributed by atoms with Crippen LogP contribution in [0.5, 0.6) is 0 Å². The molecule has 1 aliphatic rings. The second kappa shape index (κ2) is 11.1. The van der Waals surface area contributed by atoms with Gasteiger partial charge in [-0.2, -0.15) is 0 Å². The molecule has 1 amide bonds.